The zero-order valence-electron chi connectivity index (χ0n) is 20.5. The highest BCUT2D eigenvalue weighted by Gasteiger charge is 2.32. The second-order valence-corrected chi connectivity index (χ2v) is 10.4. The molecule has 0 aliphatic heterocycles. The van der Waals surface area contributed by atoms with Gasteiger partial charge in [-0.1, -0.05) is 92.8 Å². The Balaban J connectivity index is 1.85. The zero-order valence-corrected chi connectivity index (χ0v) is 20.5. The van der Waals surface area contributed by atoms with Gasteiger partial charge in [0.25, 0.3) is 0 Å². The Bertz CT molecular complexity index is 825. The number of rotatable bonds is 10. The summed E-state index contributed by atoms with van der Waals surface area (Å²) in [5, 5.41) is 0. The molecule has 0 unspecified atom stereocenters. The maximum absolute atomic E-state index is 13.6. The van der Waals surface area contributed by atoms with Gasteiger partial charge in [0.2, 0.25) is 0 Å². The Labute approximate surface area is 199 Å². The van der Waals surface area contributed by atoms with E-state index < -0.39 is 11.6 Å². The third-order valence-electron chi connectivity index (χ3n) is 6.29. The van der Waals surface area contributed by atoms with Crippen molar-refractivity contribution < 1.29 is 14.3 Å². The van der Waals surface area contributed by atoms with E-state index in [1.165, 1.54) is 43.2 Å². The summed E-state index contributed by atoms with van der Waals surface area (Å²) in [5.74, 6) is 0.0718. The number of carbonyl (C=O) groups excluding carboxylic acids is 2. The van der Waals surface area contributed by atoms with Crippen LogP contribution in [0.3, 0.4) is 0 Å². The summed E-state index contributed by atoms with van der Waals surface area (Å²) >= 11 is 0. The third kappa shape index (κ3) is 8.77. The number of nitrogens with zero attached hydrogens (tertiary/aromatic N) is 1. The SMILES string of the molecule is CC(C)(C)OC(=O)CC(=O)[C@H](CC1CCCCC1)N(Cc1ccccc1)Cc1ccccc1. The van der Waals surface area contributed by atoms with Gasteiger partial charge in [-0.25, -0.2) is 0 Å². The van der Waals surface area contributed by atoms with Crippen LogP contribution in [0, 0.1) is 5.92 Å². The zero-order chi connectivity index (χ0) is 23.7. The lowest BCUT2D eigenvalue weighted by atomic mass is 9.83. The largest absolute Gasteiger partial charge is 0.460 e. The van der Waals surface area contributed by atoms with Crippen LogP contribution in [0.5, 0.6) is 0 Å². The van der Waals surface area contributed by atoms with Crippen LogP contribution in [0.2, 0.25) is 0 Å². The molecule has 1 aliphatic rings. The van der Waals surface area contributed by atoms with Crippen molar-refractivity contribution in [3.05, 3.63) is 71.8 Å². The van der Waals surface area contributed by atoms with Gasteiger partial charge in [0, 0.05) is 13.1 Å². The Hall–Kier alpha value is -2.46. The number of esters is 1. The first-order chi connectivity index (χ1) is 15.8. The van der Waals surface area contributed by atoms with Crippen molar-refractivity contribution in [2.24, 2.45) is 5.92 Å². The van der Waals surface area contributed by atoms with Gasteiger partial charge in [0.1, 0.15) is 12.0 Å². The van der Waals surface area contributed by atoms with E-state index in [1.807, 2.05) is 57.2 Å². The van der Waals surface area contributed by atoms with Gasteiger partial charge in [-0.2, -0.15) is 0 Å². The summed E-state index contributed by atoms with van der Waals surface area (Å²) < 4.78 is 5.49. The fraction of sp³-hybridized carbons (Fsp3) is 0.517. The Morgan fingerprint density at radius 1 is 0.879 bits per heavy atom. The number of hydrogen-bond donors (Lipinski definition) is 0. The number of carbonyl (C=O) groups is 2. The van der Waals surface area contributed by atoms with Crippen molar-refractivity contribution in [3.8, 4) is 0 Å². The summed E-state index contributed by atoms with van der Waals surface area (Å²) in [7, 11) is 0. The van der Waals surface area contributed by atoms with Crippen LogP contribution in [0.25, 0.3) is 0 Å². The molecule has 0 aromatic heterocycles. The summed E-state index contributed by atoms with van der Waals surface area (Å²) in [6, 6.07) is 20.3. The summed E-state index contributed by atoms with van der Waals surface area (Å²) in [6.45, 7) is 6.87. The maximum atomic E-state index is 13.6. The molecular formula is C29H39NO3. The van der Waals surface area contributed by atoms with Crippen LogP contribution in [-0.4, -0.2) is 28.3 Å². The lowest BCUT2D eigenvalue weighted by Gasteiger charge is -2.34. The van der Waals surface area contributed by atoms with Crippen molar-refractivity contribution >= 4 is 11.8 Å². The van der Waals surface area contributed by atoms with Gasteiger partial charge in [-0.15, -0.1) is 0 Å². The van der Waals surface area contributed by atoms with Crippen molar-refractivity contribution in [2.75, 3.05) is 0 Å². The first kappa shape index (κ1) is 25.2. The molecule has 4 nitrogen and oxygen atoms in total. The van der Waals surface area contributed by atoms with E-state index >= 15 is 0 Å². The fourth-order valence-electron chi connectivity index (χ4n) is 4.77. The smallest absolute Gasteiger partial charge is 0.313 e. The predicted octanol–water partition coefficient (Wildman–Crippen LogP) is 6.33. The summed E-state index contributed by atoms with van der Waals surface area (Å²) in [6.07, 6.45) is 6.71. The average molecular weight is 450 g/mol. The molecule has 1 aliphatic carbocycles. The minimum atomic E-state index is -0.593. The molecule has 2 aromatic carbocycles. The average Bonchev–Trinajstić information content (AvgIpc) is 2.78. The molecule has 0 heterocycles. The number of Topliss-reactive ketones (excluding diaryl/α,β-unsaturated/α-hetero) is 1. The van der Waals surface area contributed by atoms with E-state index in [0.717, 1.165) is 6.42 Å². The molecule has 0 amide bonds. The first-order valence-electron chi connectivity index (χ1n) is 12.4. The van der Waals surface area contributed by atoms with Gasteiger partial charge < -0.3 is 4.74 Å². The molecule has 1 saturated carbocycles. The number of hydrogen-bond acceptors (Lipinski definition) is 4. The van der Waals surface area contributed by atoms with E-state index in [0.29, 0.717) is 19.0 Å². The van der Waals surface area contributed by atoms with E-state index in [4.69, 9.17) is 4.74 Å². The van der Waals surface area contributed by atoms with Gasteiger partial charge in [-0.05, 0) is 44.2 Å². The molecular weight excluding hydrogens is 410 g/mol. The van der Waals surface area contributed by atoms with Gasteiger partial charge >= 0.3 is 5.97 Å². The Kier molecular flexibility index (Phi) is 9.25. The van der Waals surface area contributed by atoms with E-state index in [1.54, 1.807) is 0 Å². The van der Waals surface area contributed by atoms with Gasteiger partial charge in [0.15, 0.2) is 5.78 Å². The van der Waals surface area contributed by atoms with Crippen LogP contribution < -0.4 is 0 Å². The van der Waals surface area contributed by atoms with Gasteiger partial charge in [0.05, 0.1) is 6.04 Å². The first-order valence-corrected chi connectivity index (χ1v) is 12.4. The normalized spacial score (nSPS) is 15.9. The molecule has 178 valence electrons. The van der Waals surface area contributed by atoms with Crippen molar-refractivity contribution in [1.82, 2.24) is 4.90 Å². The minimum Gasteiger partial charge on any atom is -0.460 e. The van der Waals surface area contributed by atoms with Crippen LogP contribution in [-0.2, 0) is 27.4 Å². The Morgan fingerprint density at radius 2 is 1.39 bits per heavy atom. The molecule has 0 spiro atoms. The quantitative estimate of drug-likeness (QED) is 0.314. The monoisotopic (exact) mass is 449 g/mol. The second-order valence-electron chi connectivity index (χ2n) is 10.4. The highest BCUT2D eigenvalue weighted by molar-refractivity contribution is 5.98. The van der Waals surface area contributed by atoms with E-state index in [-0.39, 0.29) is 18.2 Å². The van der Waals surface area contributed by atoms with Crippen LogP contribution in [0.4, 0.5) is 0 Å². The second kappa shape index (κ2) is 12.1. The molecule has 0 bridgehead atoms. The van der Waals surface area contributed by atoms with Crippen molar-refractivity contribution in [2.45, 2.75) is 90.4 Å². The molecule has 0 radical (unpaired) electrons. The number of ether oxygens (including phenoxy) is 1. The minimum absolute atomic E-state index is 0.0262. The standard InChI is InChI=1S/C29H39NO3/c1-29(2,3)33-28(32)20-27(31)26(19-23-13-7-4-8-14-23)30(21-24-15-9-5-10-16-24)22-25-17-11-6-12-18-25/h5-6,9-12,15-18,23,26H,4,7-8,13-14,19-22H2,1-3H3/t26-/m0/s1. The lowest BCUT2D eigenvalue weighted by Crippen LogP contribution is -2.43. The maximum Gasteiger partial charge on any atom is 0.313 e. The van der Waals surface area contributed by atoms with Crippen molar-refractivity contribution in [1.29, 1.82) is 0 Å². The molecule has 3 rings (SSSR count). The van der Waals surface area contributed by atoms with Crippen molar-refractivity contribution in [3.63, 3.8) is 0 Å². The molecule has 0 N–H and O–H groups in total. The topological polar surface area (TPSA) is 46.6 Å². The summed E-state index contributed by atoms with van der Waals surface area (Å²) in [4.78, 5) is 28.4. The molecule has 4 heteroatoms. The Morgan fingerprint density at radius 3 is 1.88 bits per heavy atom. The molecule has 1 fully saturated rings. The fourth-order valence-corrected chi connectivity index (χ4v) is 4.77. The lowest BCUT2D eigenvalue weighted by molar-refractivity contribution is -0.157. The van der Waals surface area contributed by atoms with Crippen LogP contribution >= 0.6 is 0 Å². The third-order valence-corrected chi connectivity index (χ3v) is 6.29. The molecule has 0 saturated heterocycles. The number of ketones is 1. The number of benzene rings is 2. The van der Waals surface area contributed by atoms with Crippen LogP contribution in [0.1, 0.15) is 76.8 Å². The summed E-state index contributed by atoms with van der Waals surface area (Å²) in [5.41, 5.74) is 1.75. The predicted molar refractivity (Wildman–Crippen MR) is 133 cm³/mol. The molecule has 1 atom stereocenters. The molecule has 33 heavy (non-hydrogen) atoms. The van der Waals surface area contributed by atoms with E-state index in [9.17, 15) is 9.59 Å². The van der Waals surface area contributed by atoms with E-state index in [2.05, 4.69) is 29.2 Å². The molecule has 2 aromatic rings. The van der Waals surface area contributed by atoms with Crippen LogP contribution in [0.15, 0.2) is 60.7 Å². The highest BCUT2D eigenvalue weighted by atomic mass is 16.6. The highest BCUT2D eigenvalue weighted by Crippen LogP contribution is 2.30. The van der Waals surface area contributed by atoms with Gasteiger partial charge in [-0.3, -0.25) is 14.5 Å².